The summed E-state index contributed by atoms with van der Waals surface area (Å²) in [6, 6.07) is 6.91. The Kier molecular flexibility index (Phi) is 4.13. The van der Waals surface area contributed by atoms with Crippen molar-refractivity contribution in [2.75, 3.05) is 4.72 Å². The Morgan fingerprint density at radius 2 is 1.85 bits per heavy atom. The highest BCUT2D eigenvalue weighted by molar-refractivity contribution is 7.92. The zero-order valence-electron chi connectivity index (χ0n) is 11.9. The summed E-state index contributed by atoms with van der Waals surface area (Å²) in [6.45, 7) is 6.54. The fourth-order valence-electron chi connectivity index (χ4n) is 1.97. The lowest BCUT2D eigenvalue weighted by Crippen LogP contribution is -2.13. The minimum Gasteiger partial charge on any atom is -0.276 e. The van der Waals surface area contributed by atoms with Crippen LogP contribution in [0.3, 0.4) is 0 Å². The van der Waals surface area contributed by atoms with Crippen LogP contribution in [0.25, 0.3) is 0 Å². The molecule has 0 saturated heterocycles. The first-order valence-electron chi connectivity index (χ1n) is 6.62. The Bertz CT molecular complexity index is 688. The first kappa shape index (κ1) is 14.6. The van der Waals surface area contributed by atoms with E-state index >= 15 is 0 Å². The maximum Gasteiger partial charge on any atom is 0.262 e. The van der Waals surface area contributed by atoms with Gasteiger partial charge >= 0.3 is 0 Å². The molecule has 0 unspecified atom stereocenters. The minimum absolute atomic E-state index is 0.262. The van der Waals surface area contributed by atoms with Crippen LogP contribution in [0, 0.1) is 6.92 Å². The van der Waals surface area contributed by atoms with E-state index in [2.05, 4.69) is 9.82 Å². The van der Waals surface area contributed by atoms with Crippen LogP contribution < -0.4 is 4.72 Å². The van der Waals surface area contributed by atoms with Crippen molar-refractivity contribution in [1.29, 1.82) is 0 Å². The Labute approximate surface area is 119 Å². The number of hydrogen-bond donors (Lipinski definition) is 1. The number of sulfonamides is 1. The molecule has 1 aromatic heterocycles. The Balaban J connectivity index is 2.28. The van der Waals surface area contributed by atoms with Gasteiger partial charge in [0.25, 0.3) is 10.0 Å². The molecule has 2 rings (SSSR count). The van der Waals surface area contributed by atoms with E-state index in [1.807, 2.05) is 32.9 Å². The van der Waals surface area contributed by atoms with Crippen LogP contribution in [0.5, 0.6) is 0 Å². The third kappa shape index (κ3) is 2.85. The summed E-state index contributed by atoms with van der Waals surface area (Å²) in [5, 5.41) is 4.13. The predicted molar refractivity (Wildman–Crippen MR) is 79.3 cm³/mol. The molecule has 0 bridgehead atoms. The molecule has 0 fully saturated rings. The van der Waals surface area contributed by atoms with Gasteiger partial charge in [-0.05, 0) is 38.0 Å². The third-order valence-corrected chi connectivity index (χ3v) is 4.67. The molecule has 0 aliphatic rings. The van der Waals surface area contributed by atoms with E-state index in [-0.39, 0.29) is 4.90 Å². The largest absolute Gasteiger partial charge is 0.276 e. The molecule has 2 aromatic rings. The van der Waals surface area contributed by atoms with E-state index < -0.39 is 10.0 Å². The quantitative estimate of drug-likeness (QED) is 0.921. The van der Waals surface area contributed by atoms with Crippen LogP contribution in [0.1, 0.15) is 25.1 Å². The van der Waals surface area contributed by atoms with Gasteiger partial charge < -0.3 is 0 Å². The predicted octanol–water partition coefficient (Wildman–Crippen LogP) is 2.57. The smallest absolute Gasteiger partial charge is 0.262 e. The molecule has 0 amide bonds. The summed E-state index contributed by atoms with van der Waals surface area (Å²) in [6.07, 6.45) is 2.42. The number of hydrogen-bond acceptors (Lipinski definition) is 3. The van der Waals surface area contributed by atoms with Crippen LogP contribution in [-0.2, 0) is 23.0 Å². The second-order valence-electron chi connectivity index (χ2n) is 4.56. The monoisotopic (exact) mass is 293 g/mol. The number of nitrogens with zero attached hydrogens (tertiary/aromatic N) is 2. The molecule has 6 heteroatoms. The van der Waals surface area contributed by atoms with Gasteiger partial charge in [0.1, 0.15) is 0 Å². The van der Waals surface area contributed by atoms with E-state index in [4.69, 9.17) is 0 Å². The number of benzene rings is 1. The SMILES string of the molecule is CCc1ccc(S(=O)(=O)Nc2cnn(CC)c2C)cc1. The van der Waals surface area contributed by atoms with Crippen molar-refractivity contribution in [1.82, 2.24) is 9.78 Å². The molecule has 1 heterocycles. The van der Waals surface area contributed by atoms with Gasteiger partial charge in [0.05, 0.1) is 22.5 Å². The number of aromatic nitrogens is 2. The van der Waals surface area contributed by atoms with E-state index in [0.29, 0.717) is 12.2 Å². The number of aryl methyl sites for hydroxylation is 2. The van der Waals surface area contributed by atoms with Crippen molar-refractivity contribution in [3.8, 4) is 0 Å². The van der Waals surface area contributed by atoms with Gasteiger partial charge in [-0.15, -0.1) is 0 Å². The normalized spacial score (nSPS) is 11.6. The lowest BCUT2D eigenvalue weighted by atomic mass is 10.2. The molecular weight excluding hydrogens is 274 g/mol. The lowest BCUT2D eigenvalue weighted by Gasteiger charge is -2.08. The highest BCUT2D eigenvalue weighted by atomic mass is 32.2. The molecule has 0 spiro atoms. The number of nitrogens with one attached hydrogen (secondary N) is 1. The fourth-order valence-corrected chi connectivity index (χ4v) is 3.08. The second-order valence-corrected chi connectivity index (χ2v) is 6.24. The van der Waals surface area contributed by atoms with Crippen molar-refractivity contribution < 1.29 is 8.42 Å². The average molecular weight is 293 g/mol. The molecule has 0 aliphatic heterocycles. The van der Waals surface area contributed by atoms with Crippen LogP contribution >= 0.6 is 0 Å². The number of anilines is 1. The van der Waals surface area contributed by atoms with Crippen LogP contribution in [0.15, 0.2) is 35.4 Å². The van der Waals surface area contributed by atoms with Gasteiger partial charge in [-0.2, -0.15) is 5.10 Å². The summed E-state index contributed by atoms with van der Waals surface area (Å²) in [7, 11) is -3.56. The molecule has 0 radical (unpaired) electrons. The van der Waals surface area contributed by atoms with Crippen molar-refractivity contribution in [3.63, 3.8) is 0 Å². The molecule has 1 N–H and O–H groups in total. The highest BCUT2D eigenvalue weighted by Gasteiger charge is 2.16. The third-order valence-electron chi connectivity index (χ3n) is 3.29. The average Bonchev–Trinajstić information content (AvgIpc) is 2.79. The number of rotatable bonds is 5. The van der Waals surface area contributed by atoms with Gasteiger partial charge in [-0.3, -0.25) is 9.40 Å². The molecule has 0 atom stereocenters. The Hall–Kier alpha value is -1.82. The van der Waals surface area contributed by atoms with Gasteiger partial charge in [-0.1, -0.05) is 19.1 Å². The van der Waals surface area contributed by atoms with E-state index in [0.717, 1.165) is 17.7 Å². The van der Waals surface area contributed by atoms with Crippen molar-refractivity contribution in [3.05, 3.63) is 41.7 Å². The van der Waals surface area contributed by atoms with Crippen molar-refractivity contribution in [2.24, 2.45) is 0 Å². The Morgan fingerprint density at radius 3 is 2.35 bits per heavy atom. The van der Waals surface area contributed by atoms with Gasteiger partial charge in [0.2, 0.25) is 0 Å². The lowest BCUT2D eigenvalue weighted by molar-refractivity contribution is 0.601. The maximum absolute atomic E-state index is 12.3. The summed E-state index contributed by atoms with van der Waals surface area (Å²) >= 11 is 0. The summed E-state index contributed by atoms with van der Waals surface area (Å²) in [5.41, 5.74) is 2.44. The van der Waals surface area contributed by atoms with E-state index in [1.165, 1.54) is 6.20 Å². The molecular formula is C14H19N3O2S. The van der Waals surface area contributed by atoms with Gasteiger partial charge in [-0.25, -0.2) is 8.42 Å². The molecule has 5 nitrogen and oxygen atoms in total. The molecule has 0 aliphatic carbocycles. The summed E-state index contributed by atoms with van der Waals surface area (Å²) in [4.78, 5) is 0.262. The van der Waals surface area contributed by atoms with Crippen molar-refractivity contribution >= 4 is 15.7 Å². The fraction of sp³-hybridized carbons (Fsp3) is 0.357. The standard InChI is InChI=1S/C14H19N3O2S/c1-4-12-6-8-13(9-7-12)20(18,19)16-14-10-15-17(5-2)11(14)3/h6-10,16H,4-5H2,1-3H3. The zero-order chi connectivity index (χ0) is 14.8. The molecule has 20 heavy (non-hydrogen) atoms. The maximum atomic E-state index is 12.3. The summed E-state index contributed by atoms with van der Waals surface area (Å²) in [5.74, 6) is 0. The van der Waals surface area contributed by atoms with Crippen molar-refractivity contribution in [2.45, 2.75) is 38.6 Å². The first-order chi connectivity index (χ1) is 9.47. The topological polar surface area (TPSA) is 64.0 Å². The highest BCUT2D eigenvalue weighted by Crippen LogP contribution is 2.19. The minimum atomic E-state index is -3.56. The summed E-state index contributed by atoms with van der Waals surface area (Å²) < 4.78 is 28.9. The van der Waals surface area contributed by atoms with Gasteiger partial charge in [0, 0.05) is 6.54 Å². The van der Waals surface area contributed by atoms with E-state index in [9.17, 15) is 8.42 Å². The van der Waals surface area contributed by atoms with Gasteiger partial charge in [0.15, 0.2) is 0 Å². The molecule has 0 saturated carbocycles. The first-order valence-corrected chi connectivity index (χ1v) is 8.10. The zero-order valence-corrected chi connectivity index (χ0v) is 12.7. The second kappa shape index (κ2) is 5.66. The van der Waals surface area contributed by atoms with Crippen LogP contribution in [-0.4, -0.2) is 18.2 Å². The molecule has 108 valence electrons. The van der Waals surface area contributed by atoms with E-state index in [1.54, 1.807) is 16.8 Å². The van der Waals surface area contributed by atoms with Crippen LogP contribution in [0.2, 0.25) is 0 Å². The molecule has 1 aromatic carbocycles. The van der Waals surface area contributed by atoms with Crippen LogP contribution in [0.4, 0.5) is 5.69 Å². The Morgan fingerprint density at radius 1 is 1.20 bits per heavy atom.